The molecular weight excluding hydrogens is 252 g/mol. The Morgan fingerprint density at radius 2 is 1.65 bits per heavy atom. The SMILES string of the molecule is CCNCC(=O)Nc1ccc(Oc2ccccc2)cc1. The zero-order chi connectivity index (χ0) is 14.2. The van der Waals surface area contributed by atoms with Crippen LogP contribution in [0.15, 0.2) is 54.6 Å². The Morgan fingerprint density at radius 3 is 2.30 bits per heavy atom. The summed E-state index contributed by atoms with van der Waals surface area (Å²) in [5.74, 6) is 1.47. The van der Waals surface area contributed by atoms with Gasteiger partial charge in [-0.1, -0.05) is 25.1 Å². The fraction of sp³-hybridized carbons (Fsp3) is 0.188. The number of benzene rings is 2. The lowest BCUT2D eigenvalue weighted by Crippen LogP contribution is -2.27. The second kappa shape index (κ2) is 7.31. The van der Waals surface area contributed by atoms with Gasteiger partial charge in [0.2, 0.25) is 5.91 Å². The Labute approximate surface area is 118 Å². The molecule has 4 nitrogen and oxygen atoms in total. The Balaban J connectivity index is 1.91. The van der Waals surface area contributed by atoms with Crippen LogP contribution >= 0.6 is 0 Å². The summed E-state index contributed by atoms with van der Waals surface area (Å²) in [6.07, 6.45) is 0. The van der Waals surface area contributed by atoms with Crippen LogP contribution in [0.5, 0.6) is 11.5 Å². The molecule has 2 rings (SSSR count). The molecule has 0 saturated heterocycles. The zero-order valence-corrected chi connectivity index (χ0v) is 11.4. The van der Waals surface area contributed by atoms with Gasteiger partial charge in [0.25, 0.3) is 0 Å². The maximum absolute atomic E-state index is 11.5. The summed E-state index contributed by atoms with van der Waals surface area (Å²) >= 11 is 0. The summed E-state index contributed by atoms with van der Waals surface area (Å²) in [5.41, 5.74) is 0.758. The van der Waals surface area contributed by atoms with Crippen LogP contribution < -0.4 is 15.4 Å². The molecule has 0 aliphatic carbocycles. The molecule has 0 heterocycles. The van der Waals surface area contributed by atoms with Crippen molar-refractivity contribution < 1.29 is 9.53 Å². The van der Waals surface area contributed by atoms with Crippen molar-refractivity contribution in [2.75, 3.05) is 18.4 Å². The van der Waals surface area contributed by atoms with E-state index in [2.05, 4.69) is 10.6 Å². The monoisotopic (exact) mass is 270 g/mol. The normalized spacial score (nSPS) is 10.1. The van der Waals surface area contributed by atoms with Crippen molar-refractivity contribution in [2.24, 2.45) is 0 Å². The molecule has 0 fully saturated rings. The Morgan fingerprint density at radius 1 is 1.00 bits per heavy atom. The average Bonchev–Trinajstić information content (AvgIpc) is 2.48. The number of para-hydroxylation sites is 1. The van der Waals surface area contributed by atoms with Gasteiger partial charge in [0, 0.05) is 5.69 Å². The summed E-state index contributed by atoms with van der Waals surface area (Å²) in [6, 6.07) is 16.9. The molecule has 2 aromatic carbocycles. The molecule has 4 heteroatoms. The fourth-order valence-corrected chi connectivity index (χ4v) is 1.67. The highest BCUT2D eigenvalue weighted by Gasteiger charge is 2.02. The number of hydrogen-bond donors (Lipinski definition) is 2. The largest absolute Gasteiger partial charge is 0.457 e. The van der Waals surface area contributed by atoms with Crippen LogP contribution in [0.4, 0.5) is 5.69 Å². The second-order valence-electron chi connectivity index (χ2n) is 4.27. The summed E-state index contributed by atoms with van der Waals surface area (Å²) in [4.78, 5) is 11.5. The van der Waals surface area contributed by atoms with Crippen molar-refractivity contribution in [2.45, 2.75) is 6.92 Å². The number of rotatable bonds is 6. The molecule has 2 N–H and O–H groups in total. The smallest absolute Gasteiger partial charge is 0.238 e. The Kier molecular flexibility index (Phi) is 5.15. The van der Waals surface area contributed by atoms with Crippen LogP contribution in [-0.2, 0) is 4.79 Å². The van der Waals surface area contributed by atoms with Crippen LogP contribution in [0.2, 0.25) is 0 Å². The number of hydrogen-bond acceptors (Lipinski definition) is 3. The predicted molar refractivity (Wildman–Crippen MR) is 80.1 cm³/mol. The zero-order valence-electron chi connectivity index (χ0n) is 11.4. The van der Waals surface area contributed by atoms with Crippen LogP contribution in [0.3, 0.4) is 0 Å². The second-order valence-corrected chi connectivity index (χ2v) is 4.27. The third-order valence-electron chi connectivity index (χ3n) is 2.65. The Hall–Kier alpha value is -2.33. The molecule has 104 valence electrons. The van der Waals surface area contributed by atoms with E-state index in [1.807, 2.05) is 61.5 Å². The Bertz CT molecular complexity index is 538. The highest BCUT2D eigenvalue weighted by molar-refractivity contribution is 5.92. The molecule has 2 aromatic rings. The van der Waals surface area contributed by atoms with Crippen molar-refractivity contribution in [3.63, 3.8) is 0 Å². The third kappa shape index (κ3) is 4.40. The minimum atomic E-state index is -0.0522. The summed E-state index contributed by atoms with van der Waals surface area (Å²) in [6.45, 7) is 3.05. The van der Waals surface area contributed by atoms with Gasteiger partial charge in [-0.05, 0) is 42.9 Å². The first-order valence-electron chi connectivity index (χ1n) is 6.61. The van der Waals surface area contributed by atoms with Crippen LogP contribution in [0, 0.1) is 0 Å². The quantitative estimate of drug-likeness (QED) is 0.848. The van der Waals surface area contributed by atoms with E-state index in [1.54, 1.807) is 0 Å². The van der Waals surface area contributed by atoms with E-state index in [0.717, 1.165) is 23.7 Å². The van der Waals surface area contributed by atoms with Crippen LogP contribution in [0.25, 0.3) is 0 Å². The molecule has 20 heavy (non-hydrogen) atoms. The standard InChI is InChI=1S/C16H18N2O2/c1-2-17-12-16(19)18-13-8-10-15(11-9-13)20-14-6-4-3-5-7-14/h3-11,17H,2,12H2,1H3,(H,18,19). The van der Waals surface area contributed by atoms with Crippen molar-refractivity contribution in [3.8, 4) is 11.5 Å². The van der Waals surface area contributed by atoms with Gasteiger partial charge < -0.3 is 15.4 Å². The van der Waals surface area contributed by atoms with E-state index in [4.69, 9.17) is 4.74 Å². The van der Waals surface area contributed by atoms with Crippen molar-refractivity contribution in [1.29, 1.82) is 0 Å². The van der Waals surface area contributed by atoms with Gasteiger partial charge >= 0.3 is 0 Å². The molecule has 0 aromatic heterocycles. The minimum absolute atomic E-state index is 0.0522. The third-order valence-corrected chi connectivity index (χ3v) is 2.65. The predicted octanol–water partition coefficient (Wildman–Crippen LogP) is 3.03. The minimum Gasteiger partial charge on any atom is -0.457 e. The maximum Gasteiger partial charge on any atom is 0.238 e. The first-order chi connectivity index (χ1) is 9.78. The number of carbonyl (C=O) groups is 1. The summed E-state index contributed by atoms with van der Waals surface area (Å²) in [5, 5.41) is 5.79. The van der Waals surface area contributed by atoms with E-state index < -0.39 is 0 Å². The van der Waals surface area contributed by atoms with Gasteiger partial charge in [0.05, 0.1) is 6.54 Å². The van der Waals surface area contributed by atoms with Crippen LogP contribution in [0.1, 0.15) is 6.92 Å². The molecule has 0 saturated carbocycles. The summed E-state index contributed by atoms with van der Waals surface area (Å²) in [7, 11) is 0. The van der Waals surface area contributed by atoms with Gasteiger partial charge in [0.15, 0.2) is 0 Å². The molecule has 0 bridgehead atoms. The highest BCUT2D eigenvalue weighted by Crippen LogP contribution is 2.22. The van der Waals surface area contributed by atoms with E-state index in [9.17, 15) is 4.79 Å². The number of ether oxygens (including phenoxy) is 1. The molecule has 0 unspecified atom stereocenters. The number of carbonyl (C=O) groups excluding carboxylic acids is 1. The number of amides is 1. The van der Waals surface area contributed by atoms with Crippen molar-refractivity contribution in [1.82, 2.24) is 5.32 Å². The molecule has 0 radical (unpaired) electrons. The van der Waals surface area contributed by atoms with Gasteiger partial charge in [-0.25, -0.2) is 0 Å². The van der Waals surface area contributed by atoms with Gasteiger partial charge in [-0.15, -0.1) is 0 Å². The van der Waals surface area contributed by atoms with Gasteiger partial charge in [0.1, 0.15) is 11.5 Å². The first-order valence-corrected chi connectivity index (χ1v) is 6.61. The molecule has 0 spiro atoms. The van der Waals surface area contributed by atoms with E-state index in [1.165, 1.54) is 0 Å². The summed E-state index contributed by atoms with van der Waals surface area (Å²) < 4.78 is 5.68. The first kappa shape index (κ1) is 14.1. The molecule has 0 aliphatic heterocycles. The van der Waals surface area contributed by atoms with Crippen LogP contribution in [-0.4, -0.2) is 19.0 Å². The van der Waals surface area contributed by atoms with E-state index >= 15 is 0 Å². The number of likely N-dealkylation sites (N-methyl/N-ethyl adjacent to an activating group) is 1. The average molecular weight is 270 g/mol. The van der Waals surface area contributed by atoms with E-state index in [-0.39, 0.29) is 5.91 Å². The van der Waals surface area contributed by atoms with Crippen molar-refractivity contribution in [3.05, 3.63) is 54.6 Å². The molecule has 0 atom stereocenters. The van der Waals surface area contributed by atoms with Gasteiger partial charge in [-0.3, -0.25) is 4.79 Å². The van der Waals surface area contributed by atoms with E-state index in [0.29, 0.717) is 6.54 Å². The fourth-order valence-electron chi connectivity index (χ4n) is 1.67. The van der Waals surface area contributed by atoms with Gasteiger partial charge in [-0.2, -0.15) is 0 Å². The number of nitrogens with one attached hydrogen (secondary N) is 2. The molecule has 1 amide bonds. The maximum atomic E-state index is 11.5. The molecular formula is C16H18N2O2. The lowest BCUT2D eigenvalue weighted by molar-refractivity contribution is -0.115. The lowest BCUT2D eigenvalue weighted by Gasteiger charge is -2.08. The highest BCUT2D eigenvalue weighted by atomic mass is 16.5. The number of anilines is 1. The van der Waals surface area contributed by atoms with Crippen molar-refractivity contribution >= 4 is 11.6 Å². The topological polar surface area (TPSA) is 50.4 Å². The molecule has 0 aliphatic rings. The lowest BCUT2D eigenvalue weighted by atomic mass is 10.3.